The van der Waals surface area contributed by atoms with Crippen molar-refractivity contribution in [3.05, 3.63) is 29.8 Å². The Kier molecular flexibility index (Phi) is 7.26. The SMILES string of the molecule is CCC(COc1ccc(C(=O)OC(C)C)cc1)OC(=O)C(C)(C)C. The molecule has 0 heterocycles. The summed E-state index contributed by atoms with van der Waals surface area (Å²) in [5, 5.41) is 0. The minimum absolute atomic E-state index is 0.156. The van der Waals surface area contributed by atoms with Crippen molar-refractivity contribution in [2.75, 3.05) is 6.61 Å². The van der Waals surface area contributed by atoms with Crippen LogP contribution in [0.1, 0.15) is 58.3 Å². The second-order valence-corrected chi connectivity index (χ2v) is 6.98. The summed E-state index contributed by atoms with van der Waals surface area (Å²) in [4.78, 5) is 23.7. The predicted molar refractivity (Wildman–Crippen MR) is 92.1 cm³/mol. The Morgan fingerprint density at radius 3 is 2.08 bits per heavy atom. The summed E-state index contributed by atoms with van der Waals surface area (Å²) in [6, 6.07) is 6.72. The van der Waals surface area contributed by atoms with E-state index in [1.54, 1.807) is 38.1 Å². The molecule has 0 saturated heterocycles. The zero-order valence-corrected chi connectivity index (χ0v) is 15.4. The smallest absolute Gasteiger partial charge is 0.338 e. The standard InChI is InChI=1S/C19H28O5/c1-7-15(24-18(21)19(4,5)6)12-22-16-10-8-14(9-11-16)17(20)23-13(2)3/h8-11,13,15H,7,12H2,1-6H3. The van der Waals surface area contributed by atoms with Gasteiger partial charge in [-0.25, -0.2) is 4.79 Å². The van der Waals surface area contributed by atoms with Gasteiger partial charge in [0.05, 0.1) is 17.1 Å². The van der Waals surface area contributed by atoms with E-state index in [1.165, 1.54) is 0 Å². The minimum atomic E-state index is -0.536. The number of hydrogen-bond donors (Lipinski definition) is 0. The minimum Gasteiger partial charge on any atom is -0.490 e. The maximum absolute atomic E-state index is 11.9. The van der Waals surface area contributed by atoms with Gasteiger partial charge in [0, 0.05) is 0 Å². The molecule has 0 radical (unpaired) electrons. The molecule has 0 N–H and O–H groups in total. The molecular weight excluding hydrogens is 308 g/mol. The van der Waals surface area contributed by atoms with Gasteiger partial charge in [0.25, 0.3) is 0 Å². The van der Waals surface area contributed by atoms with E-state index >= 15 is 0 Å². The Morgan fingerprint density at radius 2 is 1.62 bits per heavy atom. The summed E-state index contributed by atoms with van der Waals surface area (Å²) < 4.78 is 16.2. The Bertz CT molecular complexity index is 540. The lowest BCUT2D eigenvalue weighted by atomic mass is 9.97. The van der Waals surface area contributed by atoms with Gasteiger partial charge < -0.3 is 14.2 Å². The number of benzene rings is 1. The highest BCUT2D eigenvalue weighted by Crippen LogP contribution is 2.19. The van der Waals surface area contributed by atoms with Crippen LogP contribution in [0, 0.1) is 5.41 Å². The van der Waals surface area contributed by atoms with Crippen molar-refractivity contribution in [2.45, 2.75) is 60.2 Å². The first-order chi connectivity index (χ1) is 11.1. The Balaban J connectivity index is 2.57. The van der Waals surface area contributed by atoms with Crippen molar-refractivity contribution < 1.29 is 23.8 Å². The molecule has 1 aromatic carbocycles. The molecule has 1 rings (SSSR count). The van der Waals surface area contributed by atoms with Gasteiger partial charge in [0.15, 0.2) is 0 Å². The van der Waals surface area contributed by atoms with Gasteiger partial charge in [-0.2, -0.15) is 0 Å². The van der Waals surface area contributed by atoms with Crippen LogP contribution in [0.5, 0.6) is 5.75 Å². The van der Waals surface area contributed by atoms with Crippen molar-refractivity contribution in [1.29, 1.82) is 0 Å². The predicted octanol–water partition coefficient (Wildman–Crippen LogP) is 4.00. The summed E-state index contributed by atoms with van der Waals surface area (Å²) in [5.41, 5.74) is -0.0616. The number of hydrogen-bond acceptors (Lipinski definition) is 5. The van der Waals surface area contributed by atoms with Gasteiger partial charge in [-0.1, -0.05) is 6.92 Å². The van der Waals surface area contributed by atoms with Crippen molar-refractivity contribution in [3.63, 3.8) is 0 Å². The average Bonchev–Trinajstić information content (AvgIpc) is 2.50. The summed E-state index contributed by atoms with van der Waals surface area (Å²) in [6.45, 7) is 11.3. The van der Waals surface area contributed by atoms with Gasteiger partial charge in [-0.05, 0) is 65.3 Å². The zero-order chi connectivity index (χ0) is 18.3. The van der Waals surface area contributed by atoms with Crippen molar-refractivity contribution in [2.24, 2.45) is 5.41 Å². The fourth-order valence-corrected chi connectivity index (χ4v) is 1.72. The van der Waals surface area contributed by atoms with Crippen LogP contribution in [0.4, 0.5) is 0 Å². The van der Waals surface area contributed by atoms with Crippen LogP contribution in [-0.2, 0) is 14.3 Å². The Hall–Kier alpha value is -2.04. The maximum Gasteiger partial charge on any atom is 0.338 e. The monoisotopic (exact) mass is 336 g/mol. The van der Waals surface area contributed by atoms with E-state index in [0.29, 0.717) is 17.7 Å². The van der Waals surface area contributed by atoms with Crippen LogP contribution < -0.4 is 4.74 Å². The van der Waals surface area contributed by atoms with Crippen molar-refractivity contribution in [3.8, 4) is 5.75 Å². The van der Waals surface area contributed by atoms with Crippen LogP contribution >= 0.6 is 0 Å². The molecule has 0 aliphatic carbocycles. The molecule has 5 nitrogen and oxygen atoms in total. The zero-order valence-electron chi connectivity index (χ0n) is 15.4. The van der Waals surface area contributed by atoms with E-state index in [-0.39, 0.29) is 30.8 Å². The van der Waals surface area contributed by atoms with Crippen molar-refractivity contribution >= 4 is 11.9 Å². The second-order valence-electron chi connectivity index (χ2n) is 6.98. The number of ether oxygens (including phenoxy) is 3. The van der Waals surface area contributed by atoms with Crippen molar-refractivity contribution in [1.82, 2.24) is 0 Å². The van der Waals surface area contributed by atoms with E-state index in [1.807, 2.05) is 27.7 Å². The molecule has 0 fully saturated rings. The third kappa shape index (κ3) is 6.60. The number of rotatable bonds is 7. The molecule has 24 heavy (non-hydrogen) atoms. The fourth-order valence-electron chi connectivity index (χ4n) is 1.72. The van der Waals surface area contributed by atoms with Gasteiger partial charge in [-0.3, -0.25) is 4.79 Å². The van der Waals surface area contributed by atoms with Crippen LogP contribution in [0.25, 0.3) is 0 Å². The Labute approximate surface area is 144 Å². The van der Waals surface area contributed by atoms with Crippen LogP contribution in [-0.4, -0.2) is 30.8 Å². The topological polar surface area (TPSA) is 61.8 Å². The molecule has 0 aliphatic heterocycles. The normalized spacial score (nSPS) is 12.6. The first kappa shape index (κ1) is 20.0. The average molecular weight is 336 g/mol. The quantitative estimate of drug-likeness (QED) is 0.704. The first-order valence-corrected chi connectivity index (χ1v) is 8.28. The molecular formula is C19H28O5. The van der Waals surface area contributed by atoms with Crippen LogP contribution in [0.15, 0.2) is 24.3 Å². The maximum atomic E-state index is 11.9. The number of carbonyl (C=O) groups excluding carboxylic acids is 2. The van der Waals surface area contributed by atoms with E-state index in [4.69, 9.17) is 14.2 Å². The fraction of sp³-hybridized carbons (Fsp3) is 0.579. The molecule has 0 bridgehead atoms. The highest BCUT2D eigenvalue weighted by atomic mass is 16.6. The summed E-state index contributed by atoms with van der Waals surface area (Å²) in [6.07, 6.45) is 0.208. The lowest BCUT2D eigenvalue weighted by Crippen LogP contribution is -2.31. The molecule has 0 amide bonds. The molecule has 1 atom stereocenters. The summed E-state index contributed by atoms with van der Waals surface area (Å²) >= 11 is 0. The van der Waals surface area contributed by atoms with Gasteiger partial charge in [0.1, 0.15) is 18.5 Å². The second kappa shape index (κ2) is 8.71. The molecule has 0 aromatic heterocycles. The number of esters is 2. The van der Waals surface area contributed by atoms with Gasteiger partial charge >= 0.3 is 11.9 Å². The van der Waals surface area contributed by atoms with Gasteiger partial charge in [0.2, 0.25) is 0 Å². The summed E-state index contributed by atoms with van der Waals surface area (Å²) in [7, 11) is 0. The Morgan fingerprint density at radius 1 is 1.04 bits per heavy atom. The van der Waals surface area contributed by atoms with E-state index in [2.05, 4.69) is 0 Å². The third-order valence-electron chi connectivity index (χ3n) is 3.21. The molecule has 5 heteroatoms. The molecule has 0 saturated carbocycles. The molecule has 134 valence electrons. The lowest BCUT2D eigenvalue weighted by Gasteiger charge is -2.22. The molecule has 0 aliphatic rings. The van der Waals surface area contributed by atoms with Crippen LogP contribution in [0.3, 0.4) is 0 Å². The first-order valence-electron chi connectivity index (χ1n) is 8.28. The third-order valence-corrected chi connectivity index (χ3v) is 3.21. The molecule has 1 unspecified atom stereocenters. The highest BCUT2D eigenvalue weighted by molar-refractivity contribution is 5.89. The highest BCUT2D eigenvalue weighted by Gasteiger charge is 2.26. The van der Waals surface area contributed by atoms with E-state index in [9.17, 15) is 9.59 Å². The van der Waals surface area contributed by atoms with Gasteiger partial charge in [-0.15, -0.1) is 0 Å². The van der Waals surface area contributed by atoms with E-state index < -0.39 is 5.41 Å². The number of carbonyl (C=O) groups is 2. The molecule has 1 aromatic rings. The lowest BCUT2D eigenvalue weighted by molar-refractivity contribution is -0.160. The summed E-state index contributed by atoms with van der Waals surface area (Å²) in [5.74, 6) is 0.00757. The van der Waals surface area contributed by atoms with E-state index in [0.717, 1.165) is 0 Å². The molecule has 0 spiro atoms. The largest absolute Gasteiger partial charge is 0.490 e. The van der Waals surface area contributed by atoms with Crippen LogP contribution in [0.2, 0.25) is 0 Å².